The molecule has 1 aliphatic rings. The van der Waals surface area contributed by atoms with Crippen molar-refractivity contribution in [3.63, 3.8) is 0 Å². The molecule has 0 radical (unpaired) electrons. The maximum atomic E-state index is 12.5. The van der Waals surface area contributed by atoms with Crippen molar-refractivity contribution in [1.82, 2.24) is 0 Å². The van der Waals surface area contributed by atoms with Crippen LogP contribution in [-0.4, -0.2) is 20.1 Å². The van der Waals surface area contributed by atoms with E-state index in [0.29, 0.717) is 11.4 Å². The fourth-order valence-corrected chi connectivity index (χ4v) is 3.09. The normalized spacial score (nSPS) is 17.0. The molecule has 0 spiro atoms. The Morgan fingerprint density at radius 2 is 2.00 bits per heavy atom. The van der Waals surface area contributed by atoms with Crippen molar-refractivity contribution in [2.24, 2.45) is 0 Å². The summed E-state index contributed by atoms with van der Waals surface area (Å²) in [6.45, 7) is 0. The number of hydrogen-bond acceptors (Lipinski definition) is 2. The lowest BCUT2D eigenvalue weighted by molar-refractivity contribution is -0.119. The highest BCUT2D eigenvalue weighted by Gasteiger charge is 2.35. The van der Waals surface area contributed by atoms with Crippen LogP contribution in [-0.2, 0) is 11.2 Å². The molecule has 1 amide bonds. The summed E-state index contributed by atoms with van der Waals surface area (Å²) in [6, 6.07) is 13.4. The first-order valence-corrected chi connectivity index (χ1v) is 7.18. The molecule has 0 fully saturated rings. The van der Waals surface area contributed by atoms with Crippen molar-refractivity contribution < 1.29 is 9.53 Å². The van der Waals surface area contributed by atoms with E-state index >= 15 is 0 Å². The van der Waals surface area contributed by atoms with Gasteiger partial charge in [0, 0.05) is 17.8 Å². The predicted octanol–water partition coefficient (Wildman–Crippen LogP) is 3.65. The Hall–Kier alpha value is -2.00. The van der Waals surface area contributed by atoms with E-state index in [4.69, 9.17) is 16.3 Å². The van der Waals surface area contributed by atoms with E-state index in [9.17, 15) is 4.79 Å². The summed E-state index contributed by atoms with van der Waals surface area (Å²) >= 11 is 6.07. The average Bonchev–Trinajstić information content (AvgIpc) is 2.73. The Bertz CT molecular complexity index is 699. The van der Waals surface area contributed by atoms with E-state index in [1.54, 1.807) is 18.1 Å². The van der Waals surface area contributed by atoms with Crippen molar-refractivity contribution in [1.29, 1.82) is 0 Å². The maximum Gasteiger partial charge on any atom is 0.234 e. The van der Waals surface area contributed by atoms with Gasteiger partial charge in [0.1, 0.15) is 5.75 Å². The first-order chi connectivity index (χ1) is 10.1. The molecule has 1 heterocycles. The molecular formula is C17H16ClNO2. The second-order valence-corrected chi connectivity index (χ2v) is 5.61. The van der Waals surface area contributed by atoms with Gasteiger partial charge in [-0.1, -0.05) is 29.8 Å². The highest BCUT2D eigenvalue weighted by atomic mass is 35.5. The first-order valence-electron chi connectivity index (χ1n) is 6.80. The molecule has 4 heteroatoms. The number of nitrogens with zero attached hydrogens (tertiary/aromatic N) is 1. The second-order valence-electron chi connectivity index (χ2n) is 5.17. The maximum absolute atomic E-state index is 12.5. The Balaban J connectivity index is 1.99. The van der Waals surface area contributed by atoms with E-state index in [-0.39, 0.29) is 11.8 Å². The Morgan fingerprint density at radius 3 is 2.76 bits per heavy atom. The van der Waals surface area contributed by atoms with Crippen molar-refractivity contribution in [2.45, 2.75) is 12.3 Å². The number of benzene rings is 2. The predicted molar refractivity (Wildman–Crippen MR) is 84.3 cm³/mol. The van der Waals surface area contributed by atoms with Gasteiger partial charge in [0.25, 0.3) is 0 Å². The summed E-state index contributed by atoms with van der Waals surface area (Å²) in [5.74, 6) is 0.691. The van der Waals surface area contributed by atoms with Gasteiger partial charge in [0.05, 0.1) is 13.0 Å². The minimum atomic E-state index is -0.182. The molecule has 3 nitrogen and oxygen atoms in total. The molecule has 0 N–H and O–H groups in total. The average molecular weight is 302 g/mol. The van der Waals surface area contributed by atoms with Gasteiger partial charge in [-0.3, -0.25) is 4.79 Å². The van der Waals surface area contributed by atoms with Crippen LogP contribution in [0.2, 0.25) is 5.02 Å². The molecule has 3 rings (SSSR count). The van der Waals surface area contributed by atoms with E-state index in [1.165, 1.54) is 0 Å². The van der Waals surface area contributed by atoms with Gasteiger partial charge in [-0.2, -0.15) is 0 Å². The van der Waals surface area contributed by atoms with Crippen LogP contribution in [0.3, 0.4) is 0 Å². The van der Waals surface area contributed by atoms with Crippen molar-refractivity contribution >= 4 is 23.2 Å². The number of carbonyl (C=O) groups excluding carboxylic acids is 1. The quantitative estimate of drug-likeness (QED) is 0.866. The minimum absolute atomic E-state index is 0.109. The Morgan fingerprint density at radius 1 is 1.24 bits per heavy atom. The van der Waals surface area contributed by atoms with Crippen LogP contribution in [0.4, 0.5) is 5.69 Å². The number of para-hydroxylation sites is 1. The van der Waals surface area contributed by atoms with Crippen LogP contribution in [0.1, 0.15) is 17.0 Å². The SMILES string of the molecule is COc1ccc(Cl)cc1C[C@H]1C(=O)N(C)c2ccccc21. The third-order valence-corrected chi connectivity index (χ3v) is 4.20. The van der Waals surface area contributed by atoms with E-state index in [2.05, 4.69) is 0 Å². The molecule has 0 saturated heterocycles. The number of likely N-dealkylation sites (N-methyl/N-ethyl adjacent to an activating group) is 1. The lowest BCUT2D eigenvalue weighted by atomic mass is 9.93. The third-order valence-electron chi connectivity index (χ3n) is 3.97. The van der Waals surface area contributed by atoms with Crippen LogP contribution in [0.5, 0.6) is 5.75 Å². The largest absolute Gasteiger partial charge is 0.496 e. The fraction of sp³-hybridized carbons (Fsp3) is 0.235. The summed E-state index contributed by atoms with van der Waals surface area (Å²) in [4.78, 5) is 14.2. The van der Waals surface area contributed by atoms with Gasteiger partial charge in [-0.05, 0) is 41.8 Å². The molecule has 108 valence electrons. The van der Waals surface area contributed by atoms with Gasteiger partial charge in [0.15, 0.2) is 0 Å². The topological polar surface area (TPSA) is 29.5 Å². The fourth-order valence-electron chi connectivity index (χ4n) is 2.90. The number of ether oxygens (including phenoxy) is 1. The van der Waals surface area contributed by atoms with Gasteiger partial charge in [-0.15, -0.1) is 0 Å². The van der Waals surface area contributed by atoms with Crippen LogP contribution in [0.15, 0.2) is 42.5 Å². The number of methoxy groups -OCH3 is 1. The van der Waals surface area contributed by atoms with Crippen LogP contribution in [0.25, 0.3) is 0 Å². The van der Waals surface area contributed by atoms with Gasteiger partial charge in [-0.25, -0.2) is 0 Å². The molecule has 0 aromatic heterocycles. The zero-order valence-corrected chi connectivity index (χ0v) is 12.7. The highest BCUT2D eigenvalue weighted by molar-refractivity contribution is 6.30. The Labute approximate surface area is 129 Å². The third kappa shape index (κ3) is 2.38. The van der Waals surface area contributed by atoms with Gasteiger partial charge >= 0.3 is 0 Å². The molecule has 1 atom stereocenters. The molecule has 0 saturated carbocycles. The van der Waals surface area contributed by atoms with Crippen LogP contribution >= 0.6 is 11.6 Å². The minimum Gasteiger partial charge on any atom is -0.496 e. The smallest absolute Gasteiger partial charge is 0.234 e. The monoisotopic (exact) mass is 301 g/mol. The second kappa shape index (κ2) is 5.41. The molecule has 0 aliphatic carbocycles. The lowest BCUT2D eigenvalue weighted by Gasteiger charge is -2.14. The Kier molecular flexibility index (Phi) is 3.60. The highest BCUT2D eigenvalue weighted by Crippen LogP contribution is 2.39. The number of hydrogen-bond donors (Lipinski definition) is 0. The summed E-state index contributed by atoms with van der Waals surface area (Å²) in [5.41, 5.74) is 2.99. The molecule has 0 unspecified atom stereocenters. The molecule has 0 bridgehead atoms. The molecular weight excluding hydrogens is 286 g/mol. The van der Waals surface area contributed by atoms with E-state index in [0.717, 1.165) is 22.6 Å². The molecule has 1 aliphatic heterocycles. The standard InChI is InChI=1S/C17H16ClNO2/c1-19-15-6-4-3-5-13(15)14(17(19)20)10-11-9-12(18)7-8-16(11)21-2/h3-9,14H,10H2,1-2H3/t14-/m1/s1. The molecule has 2 aromatic rings. The number of rotatable bonds is 3. The van der Waals surface area contributed by atoms with Crippen LogP contribution in [0, 0.1) is 0 Å². The summed E-state index contributed by atoms with van der Waals surface area (Å²) in [6.07, 6.45) is 0.587. The summed E-state index contributed by atoms with van der Waals surface area (Å²) in [5, 5.41) is 0.651. The number of halogens is 1. The molecule has 21 heavy (non-hydrogen) atoms. The molecule has 2 aromatic carbocycles. The zero-order valence-electron chi connectivity index (χ0n) is 12.0. The zero-order chi connectivity index (χ0) is 15.0. The number of anilines is 1. The van der Waals surface area contributed by atoms with Crippen molar-refractivity contribution in [3.05, 3.63) is 58.6 Å². The number of amides is 1. The first kappa shape index (κ1) is 14.0. The van der Waals surface area contributed by atoms with Crippen LogP contribution < -0.4 is 9.64 Å². The van der Waals surface area contributed by atoms with Gasteiger partial charge < -0.3 is 9.64 Å². The van der Waals surface area contributed by atoms with E-state index in [1.807, 2.05) is 43.4 Å². The number of carbonyl (C=O) groups is 1. The summed E-state index contributed by atoms with van der Waals surface area (Å²) in [7, 11) is 3.44. The number of fused-ring (bicyclic) bond motifs is 1. The van der Waals surface area contributed by atoms with Crippen molar-refractivity contribution in [2.75, 3.05) is 19.1 Å². The van der Waals surface area contributed by atoms with Gasteiger partial charge in [0.2, 0.25) is 5.91 Å². The summed E-state index contributed by atoms with van der Waals surface area (Å²) < 4.78 is 5.38. The lowest BCUT2D eigenvalue weighted by Crippen LogP contribution is -2.25. The van der Waals surface area contributed by atoms with Crippen molar-refractivity contribution in [3.8, 4) is 5.75 Å². The van der Waals surface area contributed by atoms with E-state index < -0.39 is 0 Å².